The second-order valence-electron chi connectivity index (χ2n) is 9.66. The number of oxazole rings is 1. The number of amides is 2. The van der Waals surface area contributed by atoms with Crippen molar-refractivity contribution in [2.75, 3.05) is 39.4 Å². The molecular weight excluding hydrogens is 499 g/mol. The minimum atomic E-state index is -4.78. The summed E-state index contributed by atoms with van der Waals surface area (Å²) < 4.78 is 53.3. The first-order valence-corrected chi connectivity index (χ1v) is 12.8. The Morgan fingerprint density at radius 3 is 2.50 bits per heavy atom. The zero-order valence-electron chi connectivity index (χ0n) is 21.1. The van der Waals surface area contributed by atoms with Gasteiger partial charge in [-0.25, -0.2) is 9.78 Å². The minimum absolute atomic E-state index is 0.0306. The third-order valence-electron chi connectivity index (χ3n) is 7.10. The zero-order valence-corrected chi connectivity index (χ0v) is 21.1. The highest BCUT2D eigenvalue weighted by Gasteiger charge is 2.36. The summed E-state index contributed by atoms with van der Waals surface area (Å²) in [6.07, 6.45) is -1.66. The van der Waals surface area contributed by atoms with Gasteiger partial charge in [0.05, 0.1) is 19.1 Å². The number of ether oxygens (including phenoxy) is 2. The maximum atomic E-state index is 13.4. The number of alkyl halides is 3. The van der Waals surface area contributed by atoms with E-state index in [0.29, 0.717) is 56.5 Å². The molecular formula is C28H30F3N3O4. The van der Waals surface area contributed by atoms with Gasteiger partial charge in [0, 0.05) is 37.7 Å². The number of morpholine rings is 1. The Kier molecular flexibility index (Phi) is 7.60. The molecule has 2 atom stereocenters. The first-order valence-electron chi connectivity index (χ1n) is 12.8. The van der Waals surface area contributed by atoms with Crippen molar-refractivity contribution >= 4 is 6.03 Å². The fraction of sp³-hybridized carbons (Fsp3) is 0.429. The van der Waals surface area contributed by atoms with Crippen LogP contribution in [0.5, 0.6) is 5.75 Å². The van der Waals surface area contributed by atoms with Gasteiger partial charge in [-0.1, -0.05) is 43.3 Å². The molecule has 3 aromatic rings. The molecule has 3 heterocycles. The minimum Gasteiger partial charge on any atom is -0.448 e. The van der Waals surface area contributed by atoms with E-state index in [4.69, 9.17) is 9.15 Å². The molecule has 202 valence electrons. The summed E-state index contributed by atoms with van der Waals surface area (Å²) in [6, 6.07) is 14.1. The van der Waals surface area contributed by atoms with Crippen LogP contribution in [0.25, 0.3) is 11.3 Å². The average Bonchev–Trinajstić information content (AvgIpc) is 3.43. The quantitative estimate of drug-likeness (QED) is 0.416. The summed E-state index contributed by atoms with van der Waals surface area (Å²) in [5.41, 5.74) is 3.26. The molecule has 2 saturated heterocycles. The summed E-state index contributed by atoms with van der Waals surface area (Å²) in [5, 5.41) is 0. The third-order valence-corrected chi connectivity index (χ3v) is 7.10. The van der Waals surface area contributed by atoms with E-state index < -0.39 is 6.36 Å². The van der Waals surface area contributed by atoms with Crippen molar-refractivity contribution in [3.63, 3.8) is 0 Å². The summed E-state index contributed by atoms with van der Waals surface area (Å²) in [5.74, 6) is 0.0448. The van der Waals surface area contributed by atoms with Crippen molar-refractivity contribution < 1.29 is 31.9 Å². The number of piperidine rings is 1. The number of nitrogens with zero attached hydrogens (tertiary/aromatic N) is 3. The number of aromatic nitrogens is 1. The highest BCUT2D eigenvalue weighted by molar-refractivity contribution is 5.75. The molecule has 1 aromatic heterocycles. The number of carbonyl (C=O) groups excluding carboxylic acids is 1. The smallest absolute Gasteiger partial charge is 0.448 e. The molecule has 2 aliphatic heterocycles. The van der Waals surface area contributed by atoms with Crippen LogP contribution in [0.15, 0.2) is 59.2 Å². The fourth-order valence-electron chi connectivity index (χ4n) is 5.12. The van der Waals surface area contributed by atoms with Crippen molar-refractivity contribution in [3.05, 3.63) is 71.8 Å². The summed E-state index contributed by atoms with van der Waals surface area (Å²) >= 11 is 0. The van der Waals surface area contributed by atoms with E-state index in [1.165, 1.54) is 30.0 Å². The molecule has 0 saturated carbocycles. The number of carbonyl (C=O) groups is 1. The van der Waals surface area contributed by atoms with E-state index in [2.05, 4.69) is 40.9 Å². The molecule has 5 rings (SSSR count). The number of hydrogen-bond acceptors (Lipinski definition) is 5. The Morgan fingerprint density at radius 1 is 1.05 bits per heavy atom. The van der Waals surface area contributed by atoms with Crippen LogP contribution in [0, 0.1) is 0 Å². The lowest BCUT2D eigenvalue weighted by Gasteiger charge is -2.40. The van der Waals surface area contributed by atoms with Gasteiger partial charge in [-0.3, -0.25) is 0 Å². The van der Waals surface area contributed by atoms with Gasteiger partial charge in [-0.05, 0) is 36.1 Å². The largest absolute Gasteiger partial charge is 0.573 e. The first kappa shape index (κ1) is 26.1. The molecule has 2 fully saturated rings. The topological polar surface area (TPSA) is 68.0 Å². The second kappa shape index (κ2) is 11.1. The van der Waals surface area contributed by atoms with Crippen LogP contribution in [-0.4, -0.2) is 66.6 Å². The standard InChI is InChI=1S/C28H30F3N3O4/c1-2-19-6-8-20(9-7-19)22-14-23(17-34(16-22)27(35)33-10-12-36-13-11-33)26-32-25(18-37-26)21-4-3-5-24(15-21)38-28(29,30)31/h3-9,15,18,22-23H,2,10-14,16-17H2,1H3. The number of halogens is 3. The van der Waals surface area contributed by atoms with E-state index in [9.17, 15) is 18.0 Å². The lowest BCUT2D eigenvalue weighted by Crippen LogP contribution is -2.52. The summed E-state index contributed by atoms with van der Waals surface area (Å²) in [7, 11) is 0. The van der Waals surface area contributed by atoms with E-state index in [1.54, 1.807) is 6.07 Å². The molecule has 0 aliphatic carbocycles. The van der Waals surface area contributed by atoms with E-state index in [0.717, 1.165) is 18.4 Å². The van der Waals surface area contributed by atoms with E-state index in [1.807, 2.05) is 9.80 Å². The van der Waals surface area contributed by atoms with Gasteiger partial charge in [0.15, 0.2) is 5.89 Å². The number of urea groups is 1. The zero-order chi connectivity index (χ0) is 26.7. The highest BCUT2D eigenvalue weighted by atomic mass is 19.4. The van der Waals surface area contributed by atoms with Crippen molar-refractivity contribution in [1.82, 2.24) is 14.8 Å². The molecule has 0 radical (unpaired) electrons. The highest BCUT2D eigenvalue weighted by Crippen LogP contribution is 2.37. The first-order chi connectivity index (χ1) is 18.3. The van der Waals surface area contributed by atoms with Crippen LogP contribution in [-0.2, 0) is 11.2 Å². The van der Waals surface area contributed by atoms with Gasteiger partial charge in [-0.2, -0.15) is 0 Å². The number of hydrogen-bond donors (Lipinski definition) is 0. The Hall–Kier alpha value is -3.53. The monoisotopic (exact) mass is 529 g/mol. The number of aryl methyl sites for hydroxylation is 1. The Balaban J connectivity index is 1.39. The maximum Gasteiger partial charge on any atom is 0.573 e. The molecule has 2 amide bonds. The summed E-state index contributed by atoms with van der Waals surface area (Å²) in [4.78, 5) is 21.7. The van der Waals surface area contributed by atoms with E-state index in [-0.39, 0.29) is 23.6 Å². The number of likely N-dealkylation sites (tertiary alicyclic amines) is 1. The Morgan fingerprint density at radius 2 is 1.79 bits per heavy atom. The average molecular weight is 530 g/mol. The molecule has 38 heavy (non-hydrogen) atoms. The molecule has 7 nitrogen and oxygen atoms in total. The number of benzene rings is 2. The molecule has 2 aromatic carbocycles. The van der Waals surface area contributed by atoms with Crippen molar-refractivity contribution in [3.8, 4) is 17.0 Å². The second-order valence-corrected chi connectivity index (χ2v) is 9.66. The van der Waals surface area contributed by atoms with Crippen LogP contribution < -0.4 is 4.74 Å². The molecule has 0 N–H and O–H groups in total. The Labute approximate surface area is 219 Å². The van der Waals surface area contributed by atoms with Gasteiger partial charge in [-0.15, -0.1) is 13.2 Å². The van der Waals surface area contributed by atoms with Crippen LogP contribution in [0.1, 0.15) is 42.2 Å². The maximum absolute atomic E-state index is 13.4. The predicted molar refractivity (Wildman–Crippen MR) is 134 cm³/mol. The molecule has 2 aliphatic rings. The van der Waals surface area contributed by atoms with Gasteiger partial charge in [0.25, 0.3) is 0 Å². The third kappa shape index (κ3) is 6.12. The van der Waals surface area contributed by atoms with Crippen molar-refractivity contribution in [1.29, 1.82) is 0 Å². The molecule has 0 bridgehead atoms. The molecule has 2 unspecified atom stereocenters. The van der Waals surface area contributed by atoms with E-state index >= 15 is 0 Å². The fourth-order valence-corrected chi connectivity index (χ4v) is 5.12. The van der Waals surface area contributed by atoms with Crippen LogP contribution in [0.2, 0.25) is 0 Å². The van der Waals surface area contributed by atoms with Gasteiger partial charge >= 0.3 is 12.4 Å². The van der Waals surface area contributed by atoms with Crippen molar-refractivity contribution in [2.24, 2.45) is 0 Å². The number of rotatable bonds is 5. The van der Waals surface area contributed by atoms with Gasteiger partial charge in [0.2, 0.25) is 0 Å². The lowest BCUT2D eigenvalue weighted by molar-refractivity contribution is -0.274. The normalized spacial score (nSPS) is 20.4. The van der Waals surface area contributed by atoms with Crippen LogP contribution >= 0.6 is 0 Å². The summed E-state index contributed by atoms with van der Waals surface area (Å²) in [6.45, 7) is 5.28. The Bertz CT molecular complexity index is 1240. The predicted octanol–water partition coefficient (Wildman–Crippen LogP) is 5.83. The van der Waals surface area contributed by atoms with Crippen molar-refractivity contribution in [2.45, 2.75) is 38.0 Å². The van der Waals surface area contributed by atoms with Gasteiger partial charge < -0.3 is 23.7 Å². The SMILES string of the molecule is CCc1ccc(C2CC(c3nc(-c4cccc(OC(F)(F)F)c4)co3)CN(C(=O)N3CCOCC3)C2)cc1. The molecule has 0 spiro atoms. The van der Waals surface area contributed by atoms with Gasteiger partial charge in [0.1, 0.15) is 17.7 Å². The molecule has 10 heteroatoms. The lowest BCUT2D eigenvalue weighted by atomic mass is 9.84. The van der Waals surface area contributed by atoms with Crippen LogP contribution in [0.4, 0.5) is 18.0 Å². The van der Waals surface area contributed by atoms with Crippen LogP contribution in [0.3, 0.4) is 0 Å².